The van der Waals surface area contributed by atoms with Gasteiger partial charge in [-0.3, -0.25) is 19.7 Å². The number of hydrogen-bond donors (Lipinski definition) is 2. The van der Waals surface area contributed by atoms with Gasteiger partial charge in [-0.05, 0) is 37.1 Å². The molecule has 0 atom stereocenters. The Kier molecular flexibility index (Phi) is 8.78. The lowest BCUT2D eigenvalue weighted by atomic mass is 10.1. The normalized spacial score (nSPS) is 14.5. The summed E-state index contributed by atoms with van der Waals surface area (Å²) >= 11 is 0. The van der Waals surface area contributed by atoms with E-state index in [4.69, 9.17) is 5.11 Å². The first-order valence-corrected chi connectivity index (χ1v) is 11.0. The second kappa shape index (κ2) is 12.0. The Bertz CT molecular complexity index is 771. The zero-order valence-corrected chi connectivity index (χ0v) is 17.8. The van der Waals surface area contributed by atoms with Gasteiger partial charge >= 0.3 is 12.0 Å². The zero-order valence-electron chi connectivity index (χ0n) is 17.8. The molecular formula is C23H31N5O3. The molecule has 1 fully saturated rings. The van der Waals surface area contributed by atoms with Crippen LogP contribution in [0.1, 0.15) is 49.5 Å². The van der Waals surface area contributed by atoms with Crippen LogP contribution in [0, 0.1) is 0 Å². The van der Waals surface area contributed by atoms with Gasteiger partial charge in [0.1, 0.15) is 0 Å². The molecular weight excluding hydrogens is 394 g/mol. The summed E-state index contributed by atoms with van der Waals surface area (Å²) in [5.41, 5.74) is 1.92. The summed E-state index contributed by atoms with van der Waals surface area (Å²) in [6, 6.07) is 11.8. The number of aliphatic carboxylic acids is 1. The Morgan fingerprint density at radius 1 is 0.903 bits per heavy atom. The van der Waals surface area contributed by atoms with E-state index in [2.05, 4.69) is 20.2 Å². The van der Waals surface area contributed by atoms with Crippen molar-refractivity contribution in [3.05, 3.63) is 60.2 Å². The highest BCUT2D eigenvalue weighted by Gasteiger charge is 2.29. The predicted octanol–water partition coefficient (Wildman–Crippen LogP) is 2.93. The Labute approximate surface area is 183 Å². The largest absolute Gasteiger partial charge is 0.481 e. The van der Waals surface area contributed by atoms with Gasteiger partial charge in [-0.25, -0.2) is 4.79 Å². The van der Waals surface area contributed by atoms with Crippen LogP contribution in [-0.2, 0) is 4.79 Å². The SMILES string of the molecule is O=C(O)CCCCCCNC(=O)N1CCN(C(c2ccccn2)c2ccccn2)CC1. The molecule has 2 amide bonds. The van der Waals surface area contributed by atoms with Crippen molar-refractivity contribution in [1.29, 1.82) is 0 Å². The molecule has 1 aliphatic rings. The monoisotopic (exact) mass is 425 g/mol. The smallest absolute Gasteiger partial charge is 0.317 e. The predicted molar refractivity (Wildman–Crippen MR) is 118 cm³/mol. The highest BCUT2D eigenvalue weighted by atomic mass is 16.4. The van der Waals surface area contributed by atoms with Crippen molar-refractivity contribution in [2.24, 2.45) is 0 Å². The number of nitrogens with zero attached hydrogens (tertiary/aromatic N) is 4. The summed E-state index contributed by atoms with van der Waals surface area (Å²) < 4.78 is 0. The van der Waals surface area contributed by atoms with E-state index in [1.165, 1.54) is 0 Å². The van der Waals surface area contributed by atoms with Crippen LogP contribution in [0.4, 0.5) is 4.79 Å². The first-order chi connectivity index (χ1) is 15.1. The molecule has 1 saturated heterocycles. The average molecular weight is 426 g/mol. The molecule has 1 aliphatic heterocycles. The third-order valence-electron chi connectivity index (χ3n) is 5.50. The number of piperazine rings is 1. The first-order valence-electron chi connectivity index (χ1n) is 11.0. The zero-order chi connectivity index (χ0) is 21.9. The van der Waals surface area contributed by atoms with Gasteiger partial charge < -0.3 is 15.3 Å². The number of hydrogen-bond acceptors (Lipinski definition) is 5. The van der Waals surface area contributed by atoms with Gasteiger partial charge in [0.05, 0.1) is 17.4 Å². The number of nitrogens with one attached hydrogen (secondary N) is 1. The lowest BCUT2D eigenvalue weighted by Gasteiger charge is -2.38. The van der Waals surface area contributed by atoms with Gasteiger partial charge in [0.25, 0.3) is 0 Å². The molecule has 2 N–H and O–H groups in total. The number of carboxylic acid groups (broad SMARTS) is 1. The second-order valence-electron chi connectivity index (χ2n) is 7.72. The molecule has 0 radical (unpaired) electrons. The van der Waals surface area contributed by atoms with Gasteiger partial charge in [-0.2, -0.15) is 0 Å². The molecule has 166 valence electrons. The van der Waals surface area contributed by atoms with Crippen molar-refractivity contribution in [2.45, 2.75) is 38.1 Å². The van der Waals surface area contributed by atoms with Crippen LogP contribution in [-0.4, -0.2) is 69.6 Å². The van der Waals surface area contributed by atoms with E-state index in [0.717, 1.165) is 43.7 Å². The average Bonchev–Trinajstić information content (AvgIpc) is 2.80. The third-order valence-corrected chi connectivity index (χ3v) is 5.50. The van der Waals surface area contributed by atoms with Gasteiger partial charge in [0.15, 0.2) is 0 Å². The molecule has 0 unspecified atom stereocenters. The van der Waals surface area contributed by atoms with E-state index in [1.54, 1.807) is 12.4 Å². The van der Waals surface area contributed by atoms with Crippen LogP contribution >= 0.6 is 0 Å². The fraction of sp³-hybridized carbons (Fsp3) is 0.478. The summed E-state index contributed by atoms with van der Waals surface area (Å²) in [6.07, 6.45) is 7.19. The molecule has 2 aromatic heterocycles. The lowest BCUT2D eigenvalue weighted by molar-refractivity contribution is -0.137. The van der Waals surface area contributed by atoms with E-state index >= 15 is 0 Å². The fourth-order valence-corrected chi connectivity index (χ4v) is 3.85. The molecule has 0 bridgehead atoms. The van der Waals surface area contributed by atoms with Crippen molar-refractivity contribution < 1.29 is 14.7 Å². The number of rotatable bonds is 10. The molecule has 0 spiro atoms. The summed E-state index contributed by atoms with van der Waals surface area (Å²) in [6.45, 7) is 3.43. The molecule has 0 saturated carbocycles. The minimum Gasteiger partial charge on any atom is -0.481 e. The number of amides is 2. The van der Waals surface area contributed by atoms with E-state index in [1.807, 2.05) is 41.3 Å². The van der Waals surface area contributed by atoms with Gasteiger partial charge in [-0.1, -0.05) is 25.0 Å². The highest BCUT2D eigenvalue weighted by molar-refractivity contribution is 5.74. The van der Waals surface area contributed by atoms with Crippen molar-refractivity contribution in [1.82, 2.24) is 25.1 Å². The van der Waals surface area contributed by atoms with Crippen molar-refractivity contribution in [3.8, 4) is 0 Å². The van der Waals surface area contributed by atoms with Crippen LogP contribution in [0.2, 0.25) is 0 Å². The van der Waals surface area contributed by atoms with Crippen molar-refractivity contribution in [2.75, 3.05) is 32.7 Å². The minimum absolute atomic E-state index is 0.0292. The van der Waals surface area contributed by atoms with E-state index in [0.29, 0.717) is 26.1 Å². The van der Waals surface area contributed by atoms with E-state index < -0.39 is 5.97 Å². The van der Waals surface area contributed by atoms with Crippen LogP contribution in [0.25, 0.3) is 0 Å². The fourth-order valence-electron chi connectivity index (χ4n) is 3.85. The molecule has 3 heterocycles. The summed E-state index contributed by atoms with van der Waals surface area (Å²) in [4.78, 5) is 36.3. The number of carboxylic acids is 1. The first kappa shape index (κ1) is 22.7. The van der Waals surface area contributed by atoms with Gasteiger partial charge in [-0.15, -0.1) is 0 Å². The number of carbonyl (C=O) groups is 2. The Morgan fingerprint density at radius 3 is 2.06 bits per heavy atom. The Balaban J connectivity index is 1.46. The summed E-state index contributed by atoms with van der Waals surface area (Å²) in [5, 5.41) is 11.6. The quantitative estimate of drug-likeness (QED) is 0.568. The summed E-state index contributed by atoms with van der Waals surface area (Å²) in [7, 11) is 0. The Morgan fingerprint density at radius 2 is 1.52 bits per heavy atom. The number of carbonyl (C=O) groups excluding carboxylic acids is 1. The van der Waals surface area contributed by atoms with Crippen LogP contribution in [0.15, 0.2) is 48.8 Å². The topological polar surface area (TPSA) is 98.7 Å². The van der Waals surface area contributed by atoms with Crippen molar-refractivity contribution in [3.63, 3.8) is 0 Å². The molecule has 8 nitrogen and oxygen atoms in total. The highest BCUT2D eigenvalue weighted by Crippen LogP contribution is 2.26. The molecule has 0 aromatic carbocycles. The van der Waals surface area contributed by atoms with E-state index in [-0.39, 0.29) is 18.5 Å². The molecule has 31 heavy (non-hydrogen) atoms. The number of urea groups is 1. The number of pyridine rings is 2. The van der Waals surface area contributed by atoms with Crippen LogP contribution in [0.3, 0.4) is 0 Å². The summed E-state index contributed by atoms with van der Waals surface area (Å²) in [5.74, 6) is -0.749. The standard InChI is InChI=1S/C23H31N5O3/c29-21(30)11-3-1-2-6-14-26-23(31)28-17-15-27(16-18-28)22(19-9-4-7-12-24-19)20-10-5-8-13-25-20/h4-5,7-10,12-13,22H,1-3,6,11,14-18H2,(H,26,31)(H,29,30). The Hall–Kier alpha value is -3.00. The van der Waals surface area contributed by atoms with Gasteiger partial charge in [0.2, 0.25) is 0 Å². The number of unbranched alkanes of at least 4 members (excludes halogenated alkanes) is 3. The molecule has 8 heteroatoms. The maximum atomic E-state index is 12.5. The second-order valence-corrected chi connectivity index (χ2v) is 7.72. The van der Waals surface area contributed by atoms with E-state index in [9.17, 15) is 9.59 Å². The number of aromatic nitrogens is 2. The van der Waals surface area contributed by atoms with Crippen LogP contribution < -0.4 is 5.32 Å². The molecule has 0 aliphatic carbocycles. The van der Waals surface area contributed by atoms with Crippen molar-refractivity contribution >= 4 is 12.0 Å². The minimum atomic E-state index is -0.749. The lowest BCUT2D eigenvalue weighted by Crippen LogP contribution is -2.52. The molecule has 3 rings (SSSR count). The third kappa shape index (κ3) is 7.03. The van der Waals surface area contributed by atoms with Gasteiger partial charge in [0, 0.05) is 51.5 Å². The molecule has 2 aromatic rings. The maximum absolute atomic E-state index is 12.5. The van der Waals surface area contributed by atoms with Crippen LogP contribution in [0.5, 0.6) is 0 Å². The maximum Gasteiger partial charge on any atom is 0.317 e.